The first-order chi connectivity index (χ1) is 13.3. The summed E-state index contributed by atoms with van der Waals surface area (Å²) in [4.78, 5) is 12.6. The molecule has 1 aliphatic carbocycles. The van der Waals surface area contributed by atoms with Crippen molar-refractivity contribution in [1.82, 2.24) is 15.5 Å². The largest absolute Gasteiger partial charge is 0.492 e. The minimum Gasteiger partial charge on any atom is -0.492 e. The first-order valence-electron chi connectivity index (χ1n) is 9.38. The lowest BCUT2D eigenvalue weighted by Crippen LogP contribution is -2.36. The van der Waals surface area contributed by atoms with E-state index in [1.54, 1.807) is 0 Å². The standard InChI is InChI=1S/C22H23N3O2/c26-22(23-13-14-27-18-9-5-2-6-10-18)17-11-12-20-19(15-17)21(25-24-20)16-7-3-1-4-8-16/h1-10,17H,11-15H2,(H,23,26)(H,24,25)/t17-/m0/s1. The molecule has 1 heterocycles. The molecule has 1 atom stereocenters. The van der Waals surface area contributed by atoms with Gasteiger partial charge in [0.05, 0.1) is 12.2 Å². The molecule has 1 amide bonds. The zero-order valence-corrected chi connectivity index (χ0v) is 15.2. The molecule has 0 saturated heterocycles. The Morgan fingerprint density at radius 3 is 2.63 bits per heavy atom. The zero-order valence-electron chi connectivity index (χ0n) is 15.2. The van der Waals surface area contributed by atoms with Crippen LogP contribution in [0.15, 0.2) is 60.7 Å². The predicted octanol–water partition coefficient (Wildman–Crippen LogP) is 3.38. The maximum absolute atomic E-state index is 12.6. The maximum atomic E-state index is 12.6. The number of rotatable bonds is 6. The Hall–Kier alpha value is -3.08. The molecule has 1 aromatic heterocycles. The fourth-order valence-corrected chi connectivity index (χ4v) is 3.56. The van der Waals surface area contributed by atoms with Gasteiger partial charge in [-0.05, 0) is 31.4 Å². The van der Waals surface area contributed by atoms with Gasteiger partial charge >= 0.3 is 0 Å². The lowest BCUT2D eigenvalue weighted by Gasteiger charge is -2.22. The Balaban J connectivity index is 1.34. The van der Waals surface area contributed by atoms with E-state index < -0.39 is 0 Å². The van der Waals surface area contributed by atoms with E-state index in [1.807, 2.05) is 48.5 Å². The summed E-state index contributed by atoms with van der Waals surface area (Å²) in [7, 11) is 0. The lowest BCUT2D eigenvalue weighted by atomic mass is 9.85. The van der Waals surface area contributed by atoms with Gasteiger partial charge in [0.15, 0.2) is 0 Å². The number of nitrogens with one attached hydrogen (secondary N) is 2. The van der Waals surface area contributed by atoms with Gasteiger partial charge in [0.25, 0.3) is 0 Å². The molecule has 0 saturated carbocycles. The molecule has 2 N–H and O–H groups in total. The van der Waals surface area contributed by atoms with Crippen molar-refractivity contribution in [3.05, 3.63) is 71.9 Å². The molecule has 0 fully saturated rings. The Morgan fingerprint density at radius 1 is 1.11 bits per heavy atom. The number of aromatic nitrogens is 2. The molecule has 2 aromatic carbocycles. The number of aryl methyl sites for hydroxylation is 1. The Kier molecular flexibility index (Phi) is 5.19. The third-order valence-corrected chi connectivity index (χ3v) is 4.98. The van der Waals surface area contributed by atoms with Gasteiger partial charge in [-0.3, -0.25) is 9.89 Å². The number of nitrogens with zero attached hydrogens (tertiary/aromatic N) is 1. The van der Waals surface area contributed by atoms with Crippen molar-refractivity contribution in [1.29, 1.82) is 0 Å². The minimum absolute atomic E-state index is 0.0192. The van der Waals surface area contributed by atoms with Gasteiger partial charge in [-0.2, -0.15) is 5.10 Å². The van der Waals surface area contributed by atoms with Crippen molar-refractivity contribution in [3.63, 3.8) is 0 Å². The fraction of sp³-hybridized carbons (Fsp3) is 0.273. The van der Waals surface area contributed by atoms with Gasteiger partial charge < -0.3 is 10.1 Å². The van der Waals surface area contributed by atoms with Gasteiger partial charge in [0.2, 0.25) is 5.91 Å². The van der Waals surface area contributed by atoms with E-state index in [0.29, 0.717) is 13.2 Å². The second-order valence-corrected chi connectivity index (χ2v) is 6.79. The van der Waals surface area contributed by atoms with Crippen LogP contribution < -0.4 is 10.1 Å². The Bertz CT molecular complexity index is 890. The number of H-pyrrole nitrogens is 1. The summed E-state index contributed by atoms with van der Waals surface area (Å²) in [5, 5.41) is 10.7. The molecule has 5 heteroatoms. The van der Waals surface area contributed by atoms with E-state index in [-0.39, 0.29) is 11.8 Å². The number of amides is 1. The van der Waals surface area contributed by atoms with Gasteiger partial charge in [-0.15, -0.1) is 0 Å². The highest BCUT2D eigenvalue weighted by atomic mass is 16.5. The molecule has 138 valence electrons. The maximum Gasteiger partial charge on any atom is 0.223 e. The third kappa shape index (κ3) is 4.03. The van der Waals surface area contributed by atoms with E-state index in [2.05, 4.69) is 27.6 Å². The van der Waals surface area contributed by atoms with Gasteiger partial charge in [0.1, 0.15) is 12.4 Å². The van der Waals surface area contributed by atoms with Crippen molar-refractivity contribution < 1.29 is 9.53 Å². The van der Waals surface area contributed by atoms with Crippen LogP contribution in [0.5, 0.6) is 5.75 Å². The van der Waals surface area contributed by atoms with E-state index in [1.165, 1.54) is 5.56 Å². The van der Waals surface area contributed by atoms with Crippen LogP contribution in [0.2, 0.25) is 0 Å². The molecule has 0 aliphatic heterocycles. The second kappa shape index (κ2) is 8.08. The fourth-order valence-electron chi connectivity index (χ4n) is 3.56. The average molecular weight is 361 g/mol. The van der Waals surface area contributed by atoms with Crippen LogP contribution in [0.1, 0.15) is 17.7 Å². The summed E-state index contributed by atoms with van der Waals surface area (Å²) in [5.41, 5.74) is 4.39. The van der Waals surface area contributed by atoms with E-state index in [0.717, 1.165) is 42.0 Å². The molecular weight excluding hydrogens is 338 g/mol. The van der Waals surface area contributed by atoms with Crippen LogP contribution >= 0.6 is 0 Å². The highest BCUT2D eigenvalue weighted by Gasteiger charge is 2.28. The van der Waals surface area contributed by atoms with Crippen molar-refractivity contribution in [3.8, 4) is 17.0 Å². The predicted molar refractivity (Wildman–Crippen MR) is 104 cm³/mol. The normalized spacial score (nSPS) is 15.8. The van der Waals surface area contributed by atoms with Gasteiger partial charge in [-0.1, -0.05) is 48.5 Å². The number of fused-ring (bicyclic) bond motifs is 1. The number of ether oxygens (including phenoxy) is 1. The molecule has 5 nitrogen and oxygen atoms in total. The topological polar surface area (TPSA) is 67.0 Å². The van der Waals surface area contributed by atoms with Crippen molar-refractivity contribution in [2.24, 2.45) is 5.92 Å². The SMILES string of the molecule is O=C(NCCOc1ccccc1)[C@H]1CCc2[nH]nc(-c3ccccc3)c2C1. The Labute approximate surface area is 158 Å². The van der Waals surface area contributed by atoms with E-state index in [9.17, 15) is 4.79 Å². The van der Waals surface area contributed by atoms with Crippen molar-refractivity contribution >= 4 is 5.91 Å². The number of hydrogen-bond acceptors (Lipinski definition) is 3. The number of carbonyl (C=O) groups is 1. The van der Waals surface area contributed by atoms with Crippen molar-refractivity contribution in [2.75, 3.05) is 13.2 Å². The Morgan fingerprint density at radius 2 is 1.85 bits per heavy atom. The number of carbonyl (C=O) groups excluding carboxylic acids is 1. The molecular formula is C22H23N3O2. The monoisotopic (exact) mass is 361 g/mol. The van der Waals surface area contributed by atoms with Crippen molar-refractivity contribution in [2.45, 2.75) is 19.3 Å². The molecule has 0 unspecified atom stereocenters. The first-order valence-corrected chi connectivity index (χ1v) is 9.38. The summed E-state index contributed by atoms with van der Waals surface area (Å²) in [6.07, 6.45) is 2.42. The second-order valence-electron chi connectivity index (χ2n) is 6.79. The highest BCUT2D eigenvalue weighted by Crippen LogP contribution is 2.32. The summed E-state index contributed by atoms with van der Waals surface area (Å²) in [6, 6.07) is 19.8. The molecule has 3 aromatic rings. The van der Waals surface area contributed by atoms with Crippen LogP contribution in [0.25, 0.3) is 11.3 Å². The van der Waals surface area contributed by atoms with Crippen LogP contribution in [0.4, 0.5) is 0 Å². The molecule has 0 bridgehead atoms. The number of hydrogen-bond donors (Lipinski definition) is 2. The summed E-state index contributed by atoms with van der Waals surface area (Å²) < 4.78 is 5.63. The smallest absolute Gasteiger partial charge is 0.223 e. The summed E-state index contributed by atoms with van der Waals surface area (Å²) in [6.45, 7) is 0.975. The molecule has 4 rings (SSSR count). The summed E-state index contributed by atoms with van der Waals surface area (Å²) in [5.74, 6) is 0.895. The third-order valence-electron chi connectivity index (χ3n) is 4.98. The first kappa shape index (κ1) is 17.3. The number of aromatic amines is 1. The minimum atomic E-state index is -0.0192. The zero-order chi connectivity index (χ0) is 18.5. The molecule has 1 aliphatic rings. The van der Waals surface area contributed by atoms with E-state index >= 15 is 0 Å². The van der Waals surface area contributed by atoms with Gasteiger partial charge in [-0.25, -0.2) is 0 Å². The van der Waals surface area contributed by atoms with Gasteiger partial charge in [0, 0.05) is 22.7 Å². The molecule has 0 radical (unpaired) electrons. The van der Waals surface area contributed by atoms with E-state index in [4.69, 9.17) is 4.74 Å². The highest BCUT2D eigenvalue weighted by molar-refractivity contribution is 5.80. The van der Waals surface area contributed by atoms with Crippen LogP contribution in [0, 0.1) is 5.92 Å². The van der Waals surface area contributed by atoms with Crippen LogP contribution in [-0.4, -0.2) is 29.3 Å². The quantitative estimate of drug-likeness (QED) is 0.662. The number of para-hydroxylation sites is 1. The number of benzene rings is 2. The van der Waals surface area contributed by atoms with Crippen LogP contribution in [0.3, 0.4) is 0 Å². The average Bonchev–Trinajstić information content (AvgIpc) is 3.16. The lowest BCUT2D eigenvalue weighted by molar-refractivity contribution is -0.125. The molecule has 27 heavy (non-hydrogen) atoms. The summed E-state index contributed by atoms with van der Waals surface area (Å²) >= 11 is 0. The van der Waals surface area contributed by atoms with Crippen LogP contribution in [-0.2, 0) is 17.6 Å². The molecule has 0 spiro atoms.